The topological polar surface area (TPSA) is 58.1 Å². The van der Waals surface area contributed by atoms with Crippen LogP contribution in [0, 0.1) is 0 Å². The van der Waals surface area contributed by atoms with Crippen LogP contribution in [0.2, 0.25) is 0 Å². The van der Waals surface area contributed by atoms with E-state index in [0.29, 0.717) is 31.0 Å². The Morgan fingerprint density at radius 2 is 1.85 bits per heavy atom. The number of pyridine rings is 2. The Labute approximate surface area is 153 Å². The fourth-order valence-electron chi connectivity index (χ4n) is 2.67. The second-order valence-corrected chi connectivity index (χ2v) is 5.95. The maximum Gasteiger partial charge on any atom is 0.254 e. The summed E-state index contributed by atoms with van der Waals surface area (Å²) in [6.45, 7) is 3.84. The summed E-state index contributed by atoms with van der Waals surface area (Å²) in [5.41, 5.74) is 2.81. The molecule has 26 heavy (non-hydrogen) atoms. The number of nitrogens with one attached hydrogen (secondary N) is 1. The molecule has 0 saturated heterocycles. The van der Waals surface area contributed by atoms with E-state index >= 15 is 0 Å². The highest BCUT2D eigenvalue weighted by Crippen LogP contribution is 2.13. The molecule has 0 aliphatic heterocycles. The van der Waals surface area contributed by atoms with Crippen LogP contribution in [0.15, 0.2) is 73.2 Å². The van der Waals surface area contributed by atoms with Gasteiger partial charge in [0.25, 0.3) is 5.91 Å². The van der Waals surface area contributed by atoms with Crippen molar-refractivity contribution in [3.8, 4) is 0 Å². The van der Waals surface area contributed by atoms with Gasteiger partial charge in [0.05, 0.1) is 0 Å². The summed E-state index contributed by atoms with van der Waals surface area (Å²) >= 11 is 0. The molecule has 0 bridgehead atoms. The lowest BCUT2D eigenvalue weighted by Crippen LogP contribution is -2.30. The predicted octanol–water partition coefficient (Wildman–Crippen LogP) is 3.75. The average molecular weight is 346 g/mol. The Morgan fingerprint density at radius 3 is 2.58 bits per heavy atom. The Balaban J connectivity index is 1.68. The van der Waals surface area contributed by atoms with E-state index in [1.807, 2.05) is 54.3 Å². The summed E-state index contributed by atoms with van der Waals surface area (Å²) in [6, 6.07) is 17.5. The lowest BCUT2D eigenvalue weighted by Gasteiger charge is -2.21. The van der Waals surface area contributed by atoms with E-state index in [2.05, 4.69) is 15.3 Å². The summed E-state index contributed by atoms with van der Waals surface area (Å²) in [7, 11) is 0. The van der Waals surface area contributed by atoms with Crippen molar-refractivity contribution in [3.63, 3.8) is 0 Å². The van der Waals surface area contributed by atoms with E-state index in [4.69, 9.17) is 0 Å². The standard InChI is InChI=1S/C21H22N4O/c1-2-25(16-17-7-4-3-5-8-17)21(26)19-10-12-23-20(13-19)24-15-18-9-6-11-22-14-18/h3-14H,2,15-16H2,1H3,(H,23,24). The molecule has 0 saturated carbocycles. The molecule has 2 aromatic heterocycles. The van der Waals surface area contributed by atoms with Crippen molar-refractivity contribution in [2.24, 2.45) is 0 Å². The lowest BCUT2D eigenvalue weighted by atomic mass is 10.1. The van der Waals surface area contributed by atoms with Crippen LogP contribution >= 0.6 is 0 Å². The van der Waals surface area contributed by atoms with E-state index in [1.54, 1.807) is 30.7 Å². The van der Waals surface area contributed by atoms with Gasteiger partial charge in [-0.3, -0.25) is 9.78 Å². The summed E-state index contributed by atoms with van der Waals surface area (Å²) in [4.78, 5) is 23.1. The molecule has 3 rings (SSSR count). The molecule has 0 aliphatic carbocycles. The van der Waals surface area contributed by atoms with Crippen LogP contribution in [0.5, 0.6) is 0 Å². The zero-order chi connectivity index (χ0) is 18.2. The Bertz CT molecular complexity index is 837. The fourth-order valence-corrected chi connectivity index (χ4v) is 2.67. The molecule has 3 aromatic rings. The smallest absolute Gasteiger partial charge is 0.254 e. The average Bonchev–Trinajstić information content (AvgIpc) is 2.72. The van der Waals surface area contributed by atoms with Gasteiger partial charge in [0, 0.05) is 43.8 Å². The quantitative estimate of drug-likeness (QED) is 0.708. The number of carbonyl (C=O) groups is 1. The first-order valence-corrected chi connectivity index (χ1v) is 8.68. The number of benzene rings is 1. The first-order chi connectivity index (χ1) is 12.8. The molecule has 0 unspecified atom stereocenters. The number of hydrogen-bond donors (Lipinski definition) is 1. The molecule has 0 aliphatic rings. The lowest BCUT2D eigenvalue weighted by molar-refractivity contribution is 0.0752. The molecule has 2 heterocycles. The van der Waals surface area contributed by atoms with E-state index < -0.39 is 0 Å². The summed E-state index contributed by atoms with van der Waals surface area (Å²) in [5, 5.41) is 3.24. The highest BCUT2D eigenvalue weighted by Gasteiger charge is 2.15. The predicted molar refractivity (Wildman–Crippen MR) is 103 cm³/mol. The van der Waals surface area contributed by atoms with Crippen molar-refractivity contribution in [2.75, 3.05) is 11.9 Å². The van der Waals surface area contributed by atoms with Gasteiger partial charge in [-0.1, -0.05) is 36.4 Å². The monoisotopic (exact) mass is 346 g/mol. The van der Waals surface area contributed by atoms with Gasteiger partial charge in [-0.2, -0.15) is 0 Å². The van der Waals surface area contributed by atoms with Gasteiger partial charge in [0.15, 0.2) is 0 Å². The largest absolute Gasteiger partial charge is 0.366 e. The van der Waals surface area contributed by atoms with Gasteiger partial charge in [0.1, 0.15) is 5.82 Å². The first kappa shape index (κ1) is 17.6. The molecule has 5 nitrogen and oxygen atoms in total. The van der Waals surface area contributed by atoms with Crippen LogP contribution in [-0.2, 0) is 13.1 Å². The van der Waals surface area contributed by atoms with Gasteiger partial charge < -0.3 is 10.2 Å². The third-order valence-corrected chi connectivity index (χ3v) is 4.09. The van der Waals surface area contributed by atoms with Crippen molar-refractivity contribution >= 4 is 11.7 Å². The Hall–Kier alpha value is -3.21. The third-order valence-electron chi connectivity index (χ3n) is 4.09. The molecule has 0 fully saturated rings. The molecule has 1 amide bonds. The highest BCUT2D eigenvalue weighted by atomic mass is 16.2. The zero-order valence-corrected chi connectivity index (χ0v) is 14.8. The summed E-state index contributed by atoms with van der Waals surface area (Å²) in [6.07, 6.45) is 5.21. The van der Waals surface area contributed by atoms with E-state index in [0.717, 1.165) is 11.1 Å². The normalized spacial score (nSPS) is 10.3. The number of anilines is 1. The van der Waals surface area contributed by atoms with Crippen LogP contribution in [0.1, 0.15) is 28.4 Å². The van der Waals surface area contributed by atoms with Crippen LogP contribution in [0.25, 0.3) is 0 Å². The minimum atomic E-state index is 0.00295. The van der Waals surface area contributed by atoms with Crippen molar-refractivity contribution in [1.29, 1.82) is 0 Å². The van der Waals surface area contributed by atoms with E-state index in [-0.39, 0.29) is 5.91 Å². The van der Waals surface area contributed by atoms with Crippen molar-refractivity contribution in [3.05, 3.63) is 89.9 Å². The summed E-state index contributed by atoms with van der Waals surface area (Å²) < 4.78 is 0. The number of hydrogen-bond acceptors (Lipinski definition) is 4. The molecule has 0 radical (unpaired) electrons. The number of rotatable bonds is 7. The van der Waals surface area contributed by atoms with Crippen LogP contribution in [-0.4, -0.2) is 27.3 Å². The van der Waals surface area contributed by atoms with Gasteiger partial charge in [0.2, 0.25) is 0 Å². The maximum atomic E-state index is 12.9. The second-order valence-electron chi connectivity index (χ2n) is 5.95. The Kier molecular flexibility index (Phi) is 5.93. The minimum absolute atomic E-state index is 0.00295. The molecule has 132 valence electrons. The SMILES string of the molecule is CCN(Cc1ccccc1)C(=O)c1ccnc(NCc2cccnc2)c1. The summed E-state index contributed by atoms with van der Waals surface area (Å²) in [5.74, 6) is 0.679. The molecular weight excluding hydrogens is 324 g/mol. The van der Waals surface area contributed by atoms with Crippen molar-refractivity contribution in [2.45, 2.75) is 20.0 Å². The number of aromatic nitrogens is 2. The fraction of sp³-hybridized carbons (Fsp3) is 0.190. The highest BCUT2D eigenvalue weighted by molar-refractivity contribution is 5.94. The van der Waals surface area contributed by atoms with Crippen LogP contribution < -0.4 is 5.32 Å². The molecule has 1 N–H and O–H groups in total. The Morgan fingerprint density at radius 1 is 1.04 bits per heavy atom. The molecule has 1 aromatic carbocycles. The second kappa shape index (κ2) is 8.76. The van der Waals surface area contributed by atoms with Gasteiger partial charge in [-0.25, -0.2) is 4.98 Å². The van der Waals surface area contributed by atoms with E-state index in [9.17, 15) is 4.79 Å². The van der Waals surface area contributed by atoms with Gasteiger partial charge in [-0.15, -0.1) is 0 Å². The first-order valence-electron chi connectivity index (χ1n) is 8.68. The molecular formula is C21H22N4O. The van der Waals surface area contributed by atoms with Crippen LogP contribution in [0.3, 0.4) is 0 Å². The maximum absolute atomic E-state index is 12.9. The zero-order valence-electron chi connectivity index (χ0n) is 14.8. The molecule has 0 atom stereocenters. The third kappa shape index (κ3) is 4.66. The van der Waals surface area contributed by atoms with Crippen molar-refractivity contribution < 1.29 is 4.79 Å². The number of amides is 1. The van der Waals surface area contributed by atoms with Gasteiger partial charge >= 0.3 is 0 Å². The number of nitrogens with zero attached hydrogens (tertiary/aromatic N) is 3. The molecule has 5 heteroatoms. The minimum Gasteiger partial charge on any atom is -0.366 e. The number of carbonyl (C=O) groups excluding carboxylic acids is 1. The van der Waals surface area contributed by atoms with Crippen molar-refractivity contribution in [1.82, 2.24) is 14.9 Å². The van der Waals surface area contributed by atoms with E-state index in [1.165, 1.54) is 0 Å². The van der Waals surface area contributed by atoms with Crippen LogP contribution in [0.4, 0.5) is 5.82 Å². The molecule has 0 spiro atoms. The van der Waals surface area contributed by atoms with Gasteiger partial charge in [-0.05, 0) is 36.2 Å².